The summed E-state index contributed by atoms with van der Waals surface area (Å²) in [6.07, 6.45) is 0. The zero-order chi connectivity index (χ0) is 24.9. The summed E-state index contributed by atoms with van der Waals surface area (Å²) in [6.45, 7) is 3.63. The average Bonchev–Trinajstić information content (AvgIpc) is 3.16. The van der Waals surface area contributed by atoms with Crippen molar-refractivity contribution in [2.24, 2.45) is 0 Å². The van der Waals surface area contributed by atoms with Crippen LogP contribution in [0.25, 0.3) is 5.76 Å². The first-order chi connectivity index (χ1) is 17.0. The number of ketones is 1. The molecule has 2 fully saturated rings. The topological polar surface area (TPSA) is 97.8 Å². The highest BCUT2D eigenvalue weighted by atomic mass is 16.5. The fourth-order valence-corrected chi connectivity index (χ4v) is 4.47. The number of hydrogen-bond donors (Lipinski definition) is 1. The zero-order valence-corrected chi connectivity index (χ0v) is 20.2. The summed E-state index contributed by atoms with van der Waals surface area (Å²) in [6, 6.07) is 11.0. The van der Waals surface area contributed by atoms with E-state index in [1.165, 1.54) is 19.1 Å². The van der Waals surface area contributed by atoms with Crippen molar-refractivity contribution in [1.29, 1.82) is 0 Å². The largest absolute Gasteiger partial charge is 0.507 e. The van der Waals surface area contributed by atoms with E-state index in [-0.39, 0.29) is 11.3 Å². The molecule has 0 radical (unpaired) electrons. The number of ether oxygens (including phenoxy) is 4. The Bertz CT molecular complexity index is 1110. The van der Waals surface area contributed by atoms with Gasteiger partial charge in [0.15, 0.2) is 0 Å². The Kier molecular flexibility index (Phi) is 7.57. The van der Waals surface area contributed by atoms with Crippen LogP contribution in [0.2, 0.25) is 0 Å². The molecule has 0 saturated carbocycles. The molecule has 0 bridgehead atoms. The van der Waals surface area contributed by atoms with Crippen LogP contribution in [0, 0.1) is 0 Å². The van der Waals surface area contributed by atoms with Crippen LogP contribution in [0.1, 0.15) is 17.2 Å². The quantitative estimate of drug-likeness (QED) is 0.348. The minimum Gasteiger partial charge on any atom is -0.507 e. The van der Waals surface area contributed by atoms with Crippen LogP contribution >= 0.6 is 0 Å². The van der Waals surface area contributed by atoms with E-state index in [1.54, 1.807) is 49.6 Å². The molecule has 9 nitrogen and oxygen atoms in total. The summed E-state index contributed by atoms with van der Waals surface area (Å²) < 4.78 is 21.6. The Hall–Kier alpha value is -3.56. The lowest BCUT2D eigenvalue weighted by molar-refractivity contribution is -0.140. The highest BCUT2D eigenvalue weighted by molar-refractivity contribution is 6.46. The second kappa shape index (κ2) is 10.8. The average molecular weight is 483 g/mol. The number of rotatable bonds is 8. The molecular weight excluding hydrogens is 452 g/mol. The maximum atomic E-state index is 13.3. The number of benzene rings is 2. The number of amides is 1. The van der Waals surface area contributed by atoms with Crippen LogP contribution in [0.5, 0.6) is 17.2 Å². The molecule has 2 saturated heterocycles. The summed E-state index contributed by atoms with van der Waals surface area (Å²) >= 11 is 0. The van der Waals surface area contributed by atoms with Crippen LogP contribution in [0.3, 0.4) is 0 Å². The number of carbonyl (C=O) groups excluding carboxylic acids is 2. The molecule has 4 rings (SSSR count). The molecule has 9 heteroatoms. The molecular formula is C26H30N2O7. The van der Waals surface area contributed by atoms with Gasteiger partial charge in [-0.3, -0.25) is 14.5 Å². The summed E-state index contributed by atoms with van der Waals surface area (Å²) in [7, 11) is 4.61. The van der Waals surface area contributed by atoms with Gasteiger partial charge in [-0.2, -0.15) is 0 Å². The molecule has 1 atom stereocenters. The van der Waals surface area contributed by atoms with E-state index in [9.17, 15) is 14.7 Å². The third-order valence-corrected chi connectivity index (χ3v) is 6.40. The van der Waals surface area contributed by atoms with E-state index in [4.69, 9.17) is 18.9 Å². The predicted molar refractivity (Wildman–Crippen MR) is 129 cm³/mol. The Morgan fingerprint density at radius 3 is 2.23 bits per heavy atom. The van der Waals surface area contributed by atoms with Crippen molar-refractivity contribution in [1.82, 2.24) is 9.80 Å². The maximum absolute atomic E-state index is 13.3. The standard InChI is InChI=1S/C26H30N2O7/c1-32-18-6-4-17(5-7-18)24(29)22-23(20-16-19(33-2)8-9-21(20)34-3)28(26(31)25(22)30)11-10-27-12-14-35-15-13-27/h4-9,16,23,29H,10-15H2,1-3H3/t23-/m0/s1. The Morgan fingerprint density at radius 2 is 1.60 bits per heavy atom. The van der Waals surface area contributed by atoms with Crippen molar-refractivity contribution in [3.05, 3.63) is 59.2 Å². The molecule has 0 aliphatic carbocycles. The molecule has 1 amide bonds. The molecule has 1 N–H and O–H groups in total. The van der Waals surface area contributed by atoms with Crippen molar-refractivity contribution in [3.63, 3.8) is 0 Å². The molecule has 0 unspecified atom stereocenters. The van der Waals surface area contributed by atoms with Crippen molar-refractivity contribution >= 4 is 17.4 Å². The molecule has 2 aliphatic heterocycles. The summed E-state index contributed by atoms with van der Waals surface area (Å²) in [5, 5.41) is 11.3. The third kappa shape index (κ3) is 4.96. The van der Waals surface area contributed by atoms with Crippen molar-refractivity contribution in [2.75, 3.05) is 60.7 Å². The number of aliphatic hydroxyl groups excluding tert-OH is 1. The zero-order valence-electron chi connectivity index (χ0n) is 20.2. The van der Waals surface area contributed by atoms with Crippen LogP contribution in [0.15, 0.2) is 48.0 Å². The van der Waals surface area contributed by atoms with Crippen LogP contribution < -0.4 is 14.2 Å². The van der Waals surface area contributed by atoms with E-state index in [0.29, 0.717) is 54.7 Å². The number of hydrogen-bond acceptors (Lipinski definition) is 8. The van der Waals surface area contributed by atoms with Gasteiger partial charge in [-0.15, -0.1) is 0 Å². The summed E-state index contributed by atoms with van der Waals surface area (Å²) in [5.41, 5.74) is 0.973. The van der Waals surface area contributed by atoms with Gasteiger partial charge in [0.1, 0.15) is 23.0 Å². The molecule has 0 spiro atoms. The third-order valence-electron chi connectivity index (χ3n) is 6.40. The van der Waals surface area contributed by atoms with Gasteiger partial charge >= 0.3 is 0 Å². The first-order valence-electron chi connectivity index (χ1n) is 11.4. The highest BCUT2D eigenvalue weighted by Crippen LogP contribution is 2.43. The van der Waals surface area contributed by atoms with Gasteiger partial charge in [-0.05, 0) is 42.5 Å². The van der Waals surface area contributed by atoms with Gasteiger partial charge in [0.2, 0.25) is 0 Å². The molecule has 35 heavy (non-hydrogen) atoms. The van der Waals surface area contributed by atoms with Gasteiger partial charge < -0.3 is 29.0 Å². The monoisotopic (exact) mass is 482 g/mol. The number of carbonyl (C=O) groups is 2. The van der Waals surface area contributed by atoms with E-state index in [0.717, 1.165) is 13.1 Å². The highest BCUT2D eigenvalue weighted by Gasteiger charge is 2.47. The number of aliphatic hydroxyl groups is 1. The lowest BCUT2D eigenvalue weighted by atomic mass is 9.94. The molecule has 2 heterocycles. The van der Waals surface area contributed by atoms with E-state index in [2.05, 4.69) is 4.90 Å². The fourth-order valence-electron chi connectivity index (χ4n) is 4.47. The fraction of sp³-hybridized carbons (Fsp3) is 0.385. The number of likely N-dealkylation sites (tertiary alicyclic amines) is 1. The molecule has 186 valence electrons. The normalized spacial score (nSPS) is 20.2. The van der Waals surface area contributed by atoms with Gasteiger partial charge in [0.25, 0.3) is 11.7 Å². The lowest BCUT2D eigenvalue weighted by Gasteiger charge is -2.31. The smallest absolute Gasteiger partial charge is 0.295 e. The first kappa shape index (κ1) is 24.6. The number of nitrogens with zero attached hydrogens (tertiary/aromatic N) is 2. The number of Topliss-reactive ketones (excluding diaryl/α,β-unsaturated/α-hetero) is 1. The minimum atomic E-state index is -0.844. The van der Waals surface area contributed by atoms with E-state index >= 15 is 0 Å². The van der Waals surface area contributed by atoms with E-state index in [1.807, 2.05) is 0 Å². The SMILES string of the molecule is COc1ccc(C(O)=C2C(=O)C(=O)N(CCN3CCOCC3)[C@H]2c2cc(OC)ccc2OC)cc1. The number of morpholine rings is 1. The van der Waals surface area contributed by atoms with E-state index < -0.39 is 17.7 Å². The van der Waals surface area contributed by atoms with Crippen LogP contribution in [-0.4, -0.2) is 87.3 Å². The van der Waals surface area contributed by atoms with Gasteiger partial charge in [0, 0.05) is 37.3 Å². The van der Waals surface area contributed by atoms with Crippen molar-refractivity contribution in [2.45, 2.75) is 6.04 Å². The molecule has 2 aromatic rings. The Morgan fingerprint density at radius 1 is 0.943 bits per heavy atom. The predicted octanol–water partition coefficient (Wildman–Crippen LogP) is 2.47. The molecule has 2 aromatic carbocycles. The minimum absolute atomic E-state index is 0.00805. The van der Waals surface area contributed by atoms with Crippen LogP contribution in [0.4, 0.5) is 0 Å². The second-order valence-electron chi connectivity index (χ2n) is 8.28. The van der Waals surface area contributed by atoms with Gasteiger partial charge in [0.05, 0.1) is 46.2 Å². The Balaban J connectivity index is 1.80. The van der Waals surface area contributed by atoms with Gasteiger partial charge in [-0.25, -0.2) is 0 Å². The molecule has 2 aliphatic rings. The number of methoxy groups -OCH3 is 3. The van der Waals surface area contributed by atoms with Crippen LogP contribution in [-0.2, 0) is 14.3 Å². The van der Waals surface area contributed by atoms with Gasteiger partial charge in [-0.1, -0.05) is 0 Å². The Labute approximate surface area is 204 Å². The second-order valence-corrected chi connectivity index (χ2v) is 8.28. The first-order valence-corrected chi connectivity index (χ1v) is 11.4. The molecule has 0 aromatic heterocycles. The maximum Gasteiger partial charge on any atom is 0.295 e. The summed E-state index contributed by atoms with van der Waals surface area (Å²) in [5.74, 6) is -0.0228. The summed E-state index contributed by atoms with van der Waals surface area (Å²) in [4.78, 5) is 30.3. The van der Waals surface area contributed by atoms with Crippen molar-refractivity contribution < 1.29 is 33.6 Å². The van der Waals surface area contributed by atoms with Crippen molar-refractivity contribution in [3.8, 4) is 17.2 Å². The lowest BCUT2D eigenvalue weighted by Crippen LogP contribution is -2.42.